The first-order chi connectivity index (χ1) is 13.2. The molecule has 0 aliphatic heterocycles. The number of H-pyrrole nitrogens is 1. The average molecular weight is 370 g/mol. The van der Waals surface area contributed by atoms with Gasteiger partial charge in [-0.3, -0.25) is 14.8 Å². The number of nitrogens with one attached hydrogen (secondary N) is 3. The third-order valence-corrected chi connectivity index (χ3v) is 4.09. The molecule has 3 aromatic heterocycles. The van der Waals surface area contributed by atoms with Gasteiger partial charge in [0.1, 0.15) is 5.82 Å². The van der Waals surface area contributed by atoms with Crippen LogP contribution in [-0.4, -0.2) is 51.1 Å². The minimum absolute atomic E-state index is 0.571. The van der Waals surface area contributed by atoms with Crippen LogP contribution in [0.3, 0.4) is 0 Å². The molecule has 27 heavy (non-hydrogen) atoms. The van der Waals surface area contributed by atoms with Crippen LogP contribution < -0.4 is 10.6 Å². The lowest BCUT2D eigenvalue weighted by Gasteiger charge is -2.11. The Kier molecular flexibility index (Phi) is 6.24. The van der Waals surface area contributed by atoms with Gasteiger partial charge in [0.15, 0.2) is 11.7 Å². The highest BCUT2D eigenvalue weighted by Crippen LogP contribution is 2.14. The van der Waals surface area contributed by atoms with Crippen LogP contribution in [0.5, 0.6) is 0 Å². The SMILES string of the molecule is CN=C(NCCCn1nc(C)cc1C)NCCc1nc(-c2ccco2)n[nH]1. The smallest absolute Gasteiger partial charge is 0.216 e. The number of aryl methyl sites for hydroxylation is 3. The Bertz CT molecular complexity index is 862. The number of aromatic nitrogens is 5. The molecule has 9 nitrogen and oxygen atoms in total. The summed E-state index contributed by atoms with van der Waals surface area (Å²) in [5.41, 5.74) is 2.25. The fourth-order valence-corrected chi connectivity index (χ4v) is 2.78. The van der Waals surface area contributed by atoms with Crippen LogP contribution in [0, 0.1) is 13.8 Å². The largest absolute Gasteiger partial charge is 0.461 e. The van der Waals surface area contributed by atoms with Gasteiger partial charge in [-0.05, 0) is 38.5 Å². The van der Waals surface area contributed by atoms with Crippen molar-refractivity contribution in [3.05, 3.63) is 41.7 Å². The summed E-state index contributed by atoms with van der Waals surface area (Å²) >= 11 is 0. The molecule has 0 saturated carbocycles. The molecule has 0 saturated heterocycles. The first-order valence-corrected chi connectivity index (χ1v) is 9.06. The summed E-state index contributed by atoms with van der Waals surface area (Å²) in [6.07, 6.45) is 3.29. The molecular weight excluding hydrogens is 344 g/mol. The monoisotopic (exact) mass is 370 g/mol. The molecule has 9 heteroatoms. The Morgan fingerprint density at radius 3 is 2.85 bits per heavy atom. The van der Waals surface area contributed by atoms with Gasteiger partial charge < -0.3 is 15.1 Å². The molecule has 0 fully saturated rings. The van der Waals surface area contributed by atoms with Crippen molar-refractivity contribution in [1.82, 2.24) is 35.6 Å². The lowest BCUT2D eigenvalue weighted by atomic mass is 10.4. The van der Waals surface area contributed by atoms with Gasteiger partial charge in [0, 0.05) is 38.8 Å². The molecule has 0 amide bonds. The number of guanidine groups is 1. The van der Waals surface area contributed by atoms with Crippen molar-refractivity contribution in [3.63, 3.8) is 0 Å². The maximum atomic E-state index is 5.29. The number of nitrogens with zero attached hydrogens (tertiary/aromatic N) is 5. The van der Waals surface area contributed by atoms with Gasteiger partial charge in [-0.2, -0.15) is 10.2 Å². The van der Waals surface area contributed by atoms with Gasteiger partial charge in [-0.1, -0.05) is 0 Å². The molecule has 3 heterocycles. The van der Waals surface area contributed by atoms with E-state index in [1.165, 1.54) is 5.69 Å². The van der Waals surface area contributed by atoms with Crippen molar-refractivity contribution in [2.45, 2.75) is 33.2 Å². The lowest BCUT2D eigenvalue weighted by Crippen LogP contribution is -2.39. The molecule has 0 unspecified atom stereocenters. The second-order valence-electron chi connectivity index (χ2n) is 6.26. The van der Waals surface area contributed by atoms with Crippen molar-refractivity contribution in [2.24, 2.45) is 4.99 Å². The number of hydrogen-bond acceptors (Lipinski definition) is 5. The molecule has 3 aromatic rings. The number of rotatable bonds is 8. The van der Waals surface area contributed by atoms with E-state index < -0.39 is 0 Å². The van der Waals surface area contributed by atoms with Gasteiger partial charge in [-0.25, -0.2) is 4.98 Å². The van der Waals surface area contributed by atoms with Gasteiger partial charge in [0.05, 0.1) is 12.0 Å². The van der Waals surface area contributed by atoms with Crippen LogP contribution in [0.25, 0.3) is 11.6 Å². The van der Waals surface area contributed by atoms with E-state index in [9.17, 15) is 0 Å². The average Bonchev–Trinajstić information content (AvgIpc) is 3.38. The molecule has 3 N–H and O–H groups in total. The normalized spacial score (nSPS) is 11.7. The minimum Gasteiger partial charge on any atom is -0.461 e. The van der Waals surface area contributed by atoms with Crippen molar-refractivity contribution in [3.8, 4) is 11.6 Å². The minimum atomic E-state index is 0.571. The predicted molar refractivity (Wildman–Crippen MR) is 103 cm³/mol. The van der Waals surface area contributed by atoms with E-state index in [0.717, 1.165) is 37.0 Å². The fraction of sp³-hybridized carbons (Fsp3) is 0.444. The van der Waals surface area contributed by atoms with E-state index in [0.29, 0.717) is 24.6 Å². The van der Waals surface area contributed by atoms with Crippen molar-refractivity contribution >= 4 is 5.96 Å². The first-order valence-electron chi connectivity index (χ1n) is 9.06. The number of aromatic amines is 1. The molecule has 0 aromatic carbocycles. The maximum absolute atomic E-state index is 5.29. The van der Waals surface area contributed by atoms with E-state index in [1.807, 2.05) is 23.7 Å². The summed E-state index contributed by atoms with van der Waals surface area (Å²) in [4.78, 5) is 8.67. The Morgan fingerprint density at radius 2 is 2.15 bits per heavy atom. The number of aliphatic imine (C=N–C) groups is 1. The molecular formula is C18H26N8O. The van der Waals surface area contributed by atoms with E-state index in [-0.39, 0.29) is 0 Å². The third kappa shape index (κ3) is 5.19. The van der Waals surface area contributed by atoms with Gasteiger partial charge >= 0.3 is 0 Å². The molecule has 0 aliphatic carbocycles. The summed E-state index contributed by atoms with van der Waals surface area (Å²) in [5, 5.41) is 18.2. The molecule has 0 bridgehead atoms. The van der Waals surface area contributed by atoms with Crippen molar-refractivity contribution in [2.75, 3.05) is 20.1 Å². The Balaban J connectivity index is 1.36. The van der Waals surface area contributed by atoms with Crippen LogP contribution in [0.2, 0.25) is 0 Å². The van der Waals surface area contributed by atoms with Crippen LogP contribution >= 0.6 is 0 Å². The van der Waals surface area contributed by atoms with Crippen LogP contribution in [0.1, 0.15) is 23.6 Å². The second kappa shape index (κ2) is 9.02. The van der Waals surface area contributed by atoms with Crippen LogP contribution in [-0.2, 0) is 13.0 Å². The first kappa shape index (κ1) is 18.7. The summed E-state index contributed by atoms with van der Waals surface area (Å²) in [6.45, 7) is 6.50. The van der Waals surface area contributed by atoms with Gasteiger partial charge in [0.25, 0.3) is 0 Å². The van der Waals surface area contributed by atoms with Gasteiger partial charge in [0.2, 0.25) is 5.82 Å². The maximum Gasteiger partial charge on any atom is 0.216 e. The van der Waals surface area contributed by atoms with E-state index in [2.05, 4.69) is 48.9 Å². The fourth-order valence-electron chi connectivity index (χ4n) is 2.78. The summed E-state index contributed by atoms with van der Waals surface area (Å²) < 4.78 is 7.33. The Labute approximate surface area is 158 Å². The quantitative estimate of drug-likeness (QED) is 0.316. The topological polar surface area (TPSA) is 109 Å². The van der Waals surface area contributed by atoms with Crippen LogP contribution in [0.15, 0.2) is 33.9 Å². The van der Waals surface area contributed by atoms with Crippen molar-refractivity contribution in [1.29, 1.82) is 0 Å². The molecule has 0 atom stereocenters. The Morgan fingerprint density at radius 1 is 1.30 bits per heavy atom. The number of hydrogen-bond donors (Lipinski definition) is 3. The molecule has 3 rings (SSSR count). The lowest BCUT2D eigenvalue weighted by molar-refractivity contribution is 0.555. The standard InChI is InChI=1S/C18H26N8O/c1-13-12-14(2)26(25-13)10-5-8-20-18(19-3)21-9-7-16-22-17(24-23-16)15-6-4-11-27-15/h4,6,11-12H,5,7-10H2,1-3H3,(H2,19,20,21)(H,22,23,24). The highest BCUT2D eigenvalue weighted by Gasteiger charge is 2.08. The van der Waals surface area contributed by atoms with Crippen molar-refractivity contribution < 1.29 is 4.42 Å². The zero-order chi connectivity index (χ0) is 19.1. The highest BCUT2D eigenvalue weighted by atomic mass is 16.3. The zero-order valence-corrected chi connectivity index (χ0v) is 16.0. The summed E-state index contributed by atoms with van der Waals surface area (Å²) in [6, 6.07) is 5.75. The molecule has 0 aliphatic rings. The highest BCUT2D eigenvalue weighted by molar-refractivity contribution is 5.79. The zero-order valence-electron chi connectivity index (χ0n) is 16.0. The van der Waals surface area contributed by atoms with E-state index in [1.54, 1.807) is 13.3 Å². The predicted octanol–water partition coefficient (Wildman–Crippen LogP) is 1.68. The molecule has 0 radical (unpaired) electrons. The Hall–Kier alpha value is -3.10. The van der Waals surface area contributed by atoms with E-state index >= 15 is 0 Å². The second-order valence-corrected chi connectivity index (χ2v) is 6.26. The van der Waals surface area contributed by atoms with E-state index in [4.69, 9.17) is 4.42 Å². The third-order valence-electron chi connectivity index (χ3n) is 4.09. The van der Waals surface area contributed by atoms with Gasteiger partial charge in [-0.15, -0.1) is 0 Å². The summed E-state index contributed by atoms with van der Waals surface area (Å²) in [5.74, 6) is 2.80. The molecule has 144 valence electrons. The van der Waals surface area contributed by atoms with Crippen LogP contribution in [0.4, 0.5) is 0 Å². The molecule has 0 spiro atoms. The summed E-state index contributed by atoms with van der Waals surface area (Å²) in [7, 11) is 1.76. The number of furan rings is 1.